The first-order chi connectivity index (χ1) is 15.1. The van der Waals surface area contributed by atoms with E-state index in [1.807, 2.05) is 48.5 Å². The van der Waals surface area contributed by atoms with Crippen LogP contribution in [0.2, 0.25) is 0 Å². The number of benzene rings is 3. The van der Waals surface area contributed by atoms with E-state index in [4.69, 9.17) is 0 Å². The van der Waals surface area contributed by atoms with E-state index in [2.05, 4.69) is 75.9 Å². The summed E-state index contributed by atoms with van der Waals surface area (Å²) >= 11 is 0. The van der Waals surface area contributed by atoms with Crippen LogP contribution in [0.1, 0.15) is 23.6 Å². The zero-order valence-corrected chi connectivity index (χ0v) is 18.0. The second-order valence-electron chi connectivity index (χ2n) is 7.47. The molecule has 0 bridgehead atoms. The zero-order chi connectivity index (χ0) is 21.6. The highest BCUT2D eigenvalue weighted by Crippen LogP contribution is 2.22. The Morgan fingerprint density at radius 2 is 1.03 bits per heavy atom. The molecule has 0 saturated heterocycles. The van der Waals surface area contributed by atoms with Gasteiger partial charge in [-0.25, -0.2) is 0 Å². The number of anilines is 6. The molecule has 4 rings (SSSR count). The monoisotopic (exact) mass is 410 g/mol. The van der Waals surface area contributed by atoms with Gasteiger partial charge in [-0.2, -0.15) is 15.0 Å². The fourth-order valence-corrected chi connectivity index (χ4v) is 3.20. The van der Waals surface area contributed by atoms with E-state index in [9.17, 15) is 0 Å². The zero-order valence-electron chi connectivity index (χ0n) is 18.0. The Morgan fingerprint density at radius 1 is 0.581 bits per heavy atom. The van der Waals surface area contributed by atoms with Crippen molar-refractivity contribution < 1.29 is 0 Å². The SMILES string of the molecule is CCc1ccc(Nc2nc(Nc3cccc(C)c3)nc(Nc3cccc(C)c3)n2)cc1. The van der Waals surface area contributed by atoms with Gasteiger partial charge in [0, 0.05) is 17.1 Å². The molecule has 1 heterocycles. The molecule has 31 heavy (non-hydrogen) atoms. The third kappa shape index (κ3) is 5.57. The molecule has 0 fully saturated rings. The van der Waals surface area contributed by atoms with E-state index in [1.165, 1.54) is 5.56 Å². The third-order valence-corrected chi connectivity index (χ3v) is 4.80. The molecule has 3 N–H and O–H groups in total. The molecule has 0 spiro atoms. The highest BCUT2D eigenvalue weighted by molar-refractivity contribution is 5.62. The topological polar surface area (TPSA) is 74.8 Å². The normalized spacial score (nSPS) is 10.5. The van der Waals surface area contributed by atoms with Crippen molar-refractivity contribution in [2.45, 2.75) is 27.2 Å². The number of hydrogen-bond acceptors (Lipinski definition) is 6. The molecule has 0 aliphatic rings. The molecule has 0 aliphatic heterocycles. The fraction of sp³-hybridized carbons (Fsp3) is 0.160. The molecule has 4 aromatic rings. The van der Waals surface area contributed by atoms with Gasteiger partial charge < -0.3 is 16.0 Å². The van der Waals surface area contributed by atoms with Gasteiger partial charge in [-0.05, 0) is 73.4 Å². The van der Waals surface area contributed by atoms with Gasteiger partial charge in [-0.3, -0.25) is 0 Å². The Labute approximate surface area is 182 Å². The average Bonchev–Trinajstić information content (AvgIpc) is 2.74. The molecule has 1 aromatic heterocycles. The maximum Gasteiger partial charge on any atom is 0.233 e. The Hall–Kier alpha value is -3.93. The van der Waals surface area contributed by atoms with Crippen molar-refractivity contribution in [2.75, 3.05) is 16.0 Å². The van der Waals surface area contributed by atoms with Crippen LogP contribution >= 0.6 is 0 Å². The second kappa shape index (κ2) is 9.26. The van der Waals surface area contributed by atoms with Crippen LogP contribution in [0.15, 0.2) is 72.8 Å². The Kier molecular flexibility index (Phi) is 6.08. The van der Waals surface area contributed by atoms with E-state index in [1.54, 1.807) is 0 Å². The molecular formula is C25H26N6. The van der Waals surface area contributed by atoms with E-state index < -0.39 is 0 Å². The van der Waals surface area contributed by atoms with Crippen LogP contribution in [0, 0.1) is 13.8 Å². The summed E-state index contributed by atoms with van der Waals surface area (Å²) in [6.07, 6.45) is 1.00. The van der Waals surface area contributed by atoms with Gasteiger partial charge in [-0.1, -0.05) is 43.3 Å². The first-order valence-electron chi connectivity index (χ1n) is 10.4. The van der Waals surface area contributed by atoms with Crippen molar-refractivity contribution >= 4 is 34.9 Å². The standard InChI is InChI=1S/C25H26N6/c1-4-19-11-13-20(14-12-19)26-23-29-24(27-21-9-5-7-17(2)15-21)31-25(30-23)28-22-10-6-8-18(3)16-22/h5-16H,4H2,1-3H3,(H3,26,27,28,29,30,31). The summed E-state index contributed by atoms with van der Waals surface area (Å²) in [6.45, 7) is 6.24. The third-order valence-electron chi connectivity index (χ3n) is 4.80. The van der Waals surface area contributed by atoms with Crippen LogP contribution in [0.3, 0.4) is 0 Å². The van der Waals surface area contributed by atoms with Crippen molar-refractivity contribution in [3.63, 3.8) is 0 Å². The first kappa shape index (κ1) is 20.3. The van der Waals surface area contributed by atoms with Crippen LogP contribution in [0.4, 0.5) is 34.9 Å². The number of nitrogens with one attached hydrogen (secondary N) is 3. The number of aromatic nitrogens is 3. The van der Waals surface area contributed by atoms with Crippen LogP contribution in [-0.2, 0) is 6.42 Å². The number of hydrogen-bond donors (Lipinski definition) is 3. The molecular weight excluding hydrogens is 384 g/mol. The molecule has 6 nitrogen and oxygen atoms in total. The summed E-state index contributed by atoms with van der Waals surface area (Å²) in [5.41, 5.74) is 6.37. The van der Waals surface area contributed by atoms with Crippen molar-refractivity contribution in [1.29, 1.82) is 0 Å². The van der Waals surface area contributed by atoms with Gasteiger partial charge in [0.05, 0.1) is 0 Å². The number of rotatable bonds is 7. The van der Waals surface area contributed by atoms with E-state index in [-0.39, 0.29) is 0 Å². The fourth-order valence-electron chi connectivity index (χ4n) is 3.20. The molecule has 0 saturated carbocycles. The maximum absolute atomic E-state index is 4.57. The summed E-state index contributed by atoms with van der Waals surface area (Å²) in [5.74, 6) is 1.39. The molecule has 3 aromatic carbocycles. The van der Waals surface area contributed by atoms with Crippen LogP contribution in [-0.4, -0.2) is 15.0 Å². The van der Waals surface area contributed by atoms with E-state index in [0.29, 0.717) is 17.8 Å². The second-order valence-corrected chi connectivity index (χ2v) is 7.47. The minimum absolute atomic E-state index is 0.462. The van der Waals surface area contributed by atoms with Crippen LogP contribution < -0.4 is 16.0 Å². The summed E-state index contributed by atoms with van der Waals surface area (Å²) in [4.78, 5) is 13.7. The number of aryl methyl sites for hydroxylation is 3. The van der Waals surface area contributed by atoms with E-state index in [0.717, 1.165) is 34.6 Å². The molecule has 0 radical (unpaired) electrons. The molecule has 0 amide bonds. The van der Waals surface area contributed by atoms with Crippen molar-refractivity contribution in [3.8, 4) is 0 Å². The van der Waals surface area contributed by atoms with Crippen LogP contribution in [0.5, 0.6) is 0 Å². The molecule has 0 atom stereocenters. The van der Waals surface area contributed by atoms with Crippen molar-refractivity contribution in [1.82, 2.24) is 15.0 Å². The van der Waals surface area contributed by atoms with Gasteiger partial charge in [0.2, 0.25) is 17.8 Å². The predicted molar refractivity (Wildman–Crippen MR) is 128 cm³/mol. The van der Waals surface area contributed by atoms with Gasteiger partial charge in [-0.15, -0.1) is 0 Å². The lowest BCUT2D eigenvalue weighted by atomic mass is 10.1. The lowest BCUT2D eigenvalue weighted by Gasteiger charge is -2.12. The largest absolute Gasteiger partial charge is 0.324 e. The minimum atomic E-state index is 0.462. The lowest BCUT2D eigenvalue weighted by Crippen LogP contribution is -2.07. The first-order valence-corrected chi connectivity index (χ1v) is 10.4. The summed E-state index contributed by atoms with van der Waals surface area (Å²) in [5, 5.41) is 9.86. The van der Waals surface area contributed by atoms with Crippen molar-refractivity contribution in [2.24, 2.45) is 0 Å². The highest BCUT2D eigenvalue weighted by atomic mass is 15.3. The molecule has 0 aliphatic carbocycles. The lowest BCUT2D eigenvalue weighted by molar-refractivity contribution is 1.06. The Bertz CT molecular complexity index is 1110. The molecule has 156 valence electrons. The maximum atomic E-state index is 4.57. The Morgan fingerprint density at radius 3 is 1.45 bits per heavy atom. The summed E-state index contributed by atoms with van der Waals surface area (Å²) in [6, 6.07) is 24.4. The molecule has 6 heteroatoms. The summed E-state index contributed by atoms with van der Waals surface area (Å²) in [7, 11) is 0. The van der Waals surface area contributed by atoms with Crippen molar-refractivity contribution in [3.05, 3.63) is 89.5 Å². The van der Waals surface area contributed by atoms with Crippen LogP contribution in [0.25, 0.3) is 0 Å². The summed E-state index contributed by atoms with van der Waals surface area (Å²) < 4.78 is 0. The minimum Gasteiger partial charge on any atom is -0.324 e. The Balaban J connectivity index is 1.64. The van der Waals surface area contributed by atoms with Gasteiger partial charge in [0.1, 0.15) is 0 Å². The van der Waals surface area contributed by atoms with E-state index >= 15 is 0 Å². The number of nitrogens with zero attached hydrogens (tertiary/aromatic N) is 3. The predicted octanol–water partition coefficient (Wildman–Crippen LogP) is 6.28. The molecule has 0 unspecified atom stereocenters. The quantitative estimate of drug-likeness (QED) is 0.333. The highest BCUT2D eigenvalue weighted by Gasteiger charge is 2.09. The smallest absolute Gasteiger partial charge is 0.233 e. The van der Waals surface area contributed by atoms with Gasteiger partial charge in [0.25, 0.3) is 0 Å². The average molecular weight is 411 g/mol. The van der Waals surface area contributed by atoms with Gasteiger partial charge in [0.15, 0.2) is 0 Å². The van der Waals surface area contributed by atoms with Gasteiger partial charge >= 0.3 is 0 Å².